The Morgan fingerprint density at radius 2 is 1.55 bits per heavy atom. The lowest BCUT2D eigenvalue weighted by Gasteiger charge is -2.32. The van der Waals surface area contributed by atoms with Gasteiger partial charge in [-0.05, 0) is 50.4 Å². The molecule has 0 saturated heterocycles. The van der Waals surface area contributed by atoms with Crippen molar-refractivity contribution < 1.29 is 49.6 Å². The first-order valence-corrected chi connectivity index (χ1v) is 10.2. The molecule has 6 atom stereocenters. The summed E-state index contributed by atoms with van der Waals surface area (Å²) < 4.78 is 5.14. The molecular weight excluding hydrogens is 388 g/mol. The molecule has 4 N–H and O–H groups in total. The molecule has 0 heterocycles. The van der Waals surface area contributed by atoms with E-state index in [0.29, 0.717) is 25.7 Å². The average molecular weight is 420 g/mol. The van der Waals surface area contributed by atoms with E-state index in [2.05, 4.69) is 4.89 Å². The van der Waals surface area contributed by atoms with Crippen LogP contribution in [0.2, 0.25) is 0 Å². The second-order valence-corrected chi connectivity index (χ2v) is 7.93. The van der Waals surface area contributed by atoms with Gasteiger partial charge in [0.25, 0.3) is 0 Å². The van der Waals surface area contributed by atoms with Crippen LogP contribution in [0, 0.1) is 23.7 Å². The summed E-state index contributed by atoms with van der Waals surface area (Å²) in [5, 5.41) is 37.3. The number of ether oxygens (including phenoxy) is 1. The number of carbonyl (C=O) groups excluding carboxylic acids is 1. The van der Waals surface area contributed by atoms with E-state index in [0.717, 1.165) is 6.42 Å². The Hall–Kier alpha value is -1.30. The molecule has 0 bridgehead atoms. The highest BCUT2D eigenvalue weighted by Crippen LogP contribution is 2.32. The molecule has 0 aromatic carbocycles. The van der Waals surface area contributed by atoms with E-state index in [9.17, 15) is 24.9 Å². The highest BCUT2D eigenvalue weighted by Gasteiger charge is 2.39. The highest BCUT2D eigenvalue weighted by atomic mass is 17.2. The van der Waals surface area contributed by atoms with Crippen molar-refractivity contribution in [1.29, 1.82) is 0 Å². The van der Waals surface area contributed by atoms with Gasteiger partial charge in [-0.15, -0.1) is 0 Å². The van der Waals surface area contributed by atoms with Gasteiger partial charge in [0.1, 0.15) is 0 Å². The lowest BCUT2D eigenvalue weighted by Crippen LogP contribution is -2.38. The number of aliphatic hydroxyl groups excluding tert-OH is 2. The smallest absolute Gasteiger partial charge is 0.309 e. The molecular formula is C19H32O10. The molecule has 2 saturated carbocycles. The van der Waals surface area contributed by atoms with Gasteiger partial charge in [0.2, 0.25) is 0 Å². The molecule has 0 amide bonds. The SMILES string of the molecule is O=C(O)C1CCC(O)CC1C(=O)OCCCOOCC1CC(O)CCC1COO. The zero-order valence-corrected chi connectivity index (χ0v) is 16.5. The molecule has 29 heavy (non-hydrogen) atoms. The van der Waals surface area contributed by atoms with Crippen molar-refractivity contribution in [3.63, 3.8) is 0 Å². The normalized spacial score (nSPS) is 32.7. The number of esters is 1. The number of carboxylic acid groups (broad SMARTS) is 1. The summed E-state index contributed by atoms with van der Waals surface area (Å²) in [5.74, 6) is -3.23. The summed E-state index contributed by atoms with van der Waals surface area (Å²) in [7, 11) is 0. The Bertz CT molecular complexity index is 513. The summed E-state index contributed by atoms with van der Waals surface area (Å²) in [4.78, 5) is 37.9. The second kappa shape index (κ2) is 12.4. The third kappa shape index (κ3) is 7.80. The molecule has 2 aliphatic carbocycles. The van der Waals surface area contributed by atoms with E-state index in [1.165, 1.54) is 0 Å². The van der Waals surface area contributed by atoms with Gasteiger partial charge in [-0.3, -0.25) is 14.8 Å². The van der Waals surface area contributed by atoms with E-state index in [1.807, 2.05) is 0 Å². The second-order valence-electron chi connectivity index (χ2n) is 7.93. The molecule has 0 aromatic heterocycles. The van der Waals surface area contributed by atoms with Crippen molar-refractivity contribution in [2.75, 3.05) is 26.4 Å². The van der Waals surface area contributed by atoms with Crippen LogP contribution in [0.25, 0.3) is 0 Å². The first kappa shape index (κ1) is 24.0. The fourth-order valence-corrected chi connectivity index (χ4v) is 4.12. The minimum absolute atomic E-state index is 0.00871. The minimum atomic E-state index is -1.05. The quantitative estimate of drug-likeness (QED) is 0.165. The maximum Gasteiger partial charge on any atom is 0.309 e. The molecule has 2 rings (SSSR count). The molecule has 2 aliphatic rings. The van der Waals surface area contributed by atoms with Crippen molar-refractivity contribution in [1.82, 2.24) is 0 Å². The molecule has 10 heteroatoms. The van der Waals surface area contributed by atoms with Gasteiger partial charge in [-0.25, -0.2) is 14.7 Å². The van der Waals surface area contributed by atoms with Gasteiger partial charge in [0, 0.05) is 6.42 Å². The lowest BCUT2D eigenvalue weighted by molar-refractivity contribution is -0.311. The maximum absolute atomic E-state index is 12.2. The highest BCUT2D eigenvalue weighted by molar-refractivity contribution is 5.81. The summed E-state index contributed by atoms with van der Waals surface area (Å²) >= 11 is 0. The average Bonchev–Trinajstić information content (AvgIpc) is 2.68. The third-order valence-electron chi connectivity index (χ3n) is 5.83. The number of hydrogen-bond donors (Lipinski definition) is 4. The van der Waals surface area contributed by atoms with E-state index in [1.54, 1.807) is 0 Å². The fourth-order valence-electron chi connectivity index (χ4n) is 4.12. The summed E-state index contributed by atoms with van der Waals surface area (Å²) in [6, 6.07) is 0. The molecule has 0 spiro atoms. The van der Waals surface area contributed by atoms with Crippen molar-refractivity contribution >= 4 is 11.9 Å². The van der Waals surface area contributed by atoms with Crippen LogP contribution in [0.4, 0.5) is 0 Å². The van der Waals surface area contributed by atoms with Crippen LogP contribution < -0.4 is 0 Å². The van der Waals surface area contributed by atoms with Gasteiger partial charge >= 0.3 is 11.9 Å². The van der Waals surface area contributed by atoms with Crippen LogP contribution in [0.15, 0.2) is 0 Å². The monoisotopic (exact) mass is 420 g/mol. The van der Waals surface area contributed by atoms with Crippen LogP contribution >= 0.6 is 0 Å². The number of rotatable bonds is 11. The number of carbonyl (C=O) groups is 2. The Labute approximate surface area is 169 Å². The Kier molecular flexibility index (Phi) is 10.3. The molecule has 2 fully saturated rings. The van der Waals surface area contributed by atoms with E-state index in [4.69, 9.17) is 19.8 Å². The topological polar surface area (TPSA) is 152 Å². The van der Waals surface area contributed by atoms with E-state index >= 15 is 0 Å². The van der Waals surface area contributed by atoms with Gasteiger partial charge < -0.3 is 20.1 Å². The van der Waals surface area contributed by atoms with Crippen LogP contribution in [0.5, 0.6) is 0 Å². The summed E-state index contributed by atoms with van der Waals surface area (Å²) in [6.45, 7) is 0.679. The molecule has 0 aliphatic heterocycles. The molecule has 10 nitrogen and oxygen atoms in total. The summed E-state index contributed by atoms with van der Waals surface area (Å²) in [5.41, 5.74) is 0. The zero-order valence-electron chi connectivity index (χ0n) is 16.5. The van der Waals surface area contributed by atoms with Crippen molar-refractivity contribution in [2.24, 2.45) is 23.7 Å². The van der Waals surface area contributed by atoms with Gasteiger partial charge in [0.15, 0.2) is 0 Å². The first-order chi connectivity index (χ1) is 13.9. The molecule has 0 aromatic rings. The predicted molar refractivity (Wildman–Crippen MR) is 97.4 cm³/mol. The molecule has 168 valence electrons. The maximum atomic E-state index is 12.2. The van der Waals surface area contributed by atoms with Gasteiger partial charge in [-0.1, -0.05) is 0 Å². The Morgan fingerprint density at radius 1 is 0.828 bits per heavy atom. The summed E-state index contributed by atoms with van der Waals surface area (Å²) in [6.07, 6.45) is 1.96. The standard InChI is InChI=1S/C19H32O10/c20-14-3-2-12(10-27-25)13(8-14)11-29-28-7-1-6-26-19(24)17-9-15(21)4-5-16(17)18(22)23/h12-17,20-21,25H,1-11H2,(H,22,23). The van der Waals surface area contributed by atoms with Crippen molar-refractivity contribution in [3.8, 4) is 0 Å². The number of hydrogen-bond acceptors (Lipinski definition) is 9. The first-order valence-electron chi connectivity index (χ1n) is 10.2. The van der Waals surface area contributed by atoms with Crippen LogP contribution in [0.1, 0.15) is 44.9 Å². The van der Waals surface area contributed by atoms with Crippen LogP contribution in [-0.4, -0.2) is 71.2 Å². The minimum Gasteiger partial charge on any atom is -0.481 e. The third-order valence-corrected chi connectivity index (χ3v) is 5.83. The lowest BCUT2D eigenvalue weighted by atomic mass is 9.78. The Balaban J connectivity index is 1.60. The fraction of sp³-hybridized carbons (Fsp3) is 0.895. The number of aliphatic hydroxyl groups is 2. The van der Waals surface area contributed by atoms with Crippen LogP contribution in [0.3, 0.4) is 0 Å². The zero-order chi connectivity index (χ0) is 21.2. The van der Waals surface area contributed by atoms with E-state index < -0.39 is 36.0 Å². The van der Waals surface area contributed by atoms with Crippen molar-refractivity contribution in [2.45, 2.75) is 57.2 Å². The van der Waals surface area contributed by atoms with Gasteiger partial charge in [0.05, 0.1) is 50.5 Å². The van der Waals surface area contributed by atoms with Crippen molar-refractivity contribution in [3.05, 3.63) is 0 Å². The van der Waals surface area contributed by atoms with Gasteiger partial charge in [-0.2, -0.15) is 0 Å². The predicted octanol–water partition coefficient (Wildman–Crippen LogP) is 0.996. The largest absolute Gasteiger partial charge is 0.481 e. The molecule has 0 radical (unpaired) electrons. The van der Waals surface area contributed by atoms with Crippen LogP contribution in [-0.2, 0) is 29.0 Å². The molecule has 6 unspecified atom stereocenters. The van der Waals surface area contributed by atoms with E-state index in [-0.39, 0.29) is 51.1 Å². The number of carboxylic acids is 1. The Morgan fingerprint density at radius 3 is 2.28 bits per heavy atom. The number of aliphatic carboxylic acids is 1.